The summed E-state index contributed by atoms with van der Waals surface area (Å²) < 4.78 is 5.79. The molecule has 1 saturated heterocycles. The maximum absolute atomic E-state index is 5.79. The van der Waals surface area contributed by atoms with E-state index in [0.717, 1.165) is 13.2 Å². The van der Waals surface area contributed by atoms with Crippen LogP contribution in [-0.2, 0) is 4.74 Å². The number of rotatable bonds is 3. The maximum Gasteiger partial charge on any atom is 0.0586 e. The normalized spacial score (nSPS) is 34.2. The summed E-state index contributed by atoms with van der Waals surface area (Å²) in [6, 6.07) is 9.14. The molecule has 1 saturated carbocycles. The van der Waals surface area contributed by atoms with Gasteiger partial charge in [0.2, 0.25) is 0 Å². The molecule has 0 radical (unpaired) electrons. The van der Waals surface area contributed by atoms with Crippen molar-refractivity contribution >= 4 is 0 Å². The monoisotopic (exact) mass is 259 g/mol. The van der Waals surface area contributed by atoms with E-state index in [1.807, 2.05) is 0 Å². The molecule has 1 N–H and O–H groups in total. The van der Waals surface area contributed by atoms with E-state index in [4.69, 9.17) is 4.74 Å². The molecule has 2 heteroatoms. The Morgan fingerprint density at radius 2 is 2.00 bits per heavy atom. The Bertz CT molecular complexity index is 419. The van der Waals surface area contributed by atoms with Crippen LogP contribution in [0.2, 0.25) is 0 Å². The SMILES string of the molecule is CCOC1CC2(CCNCC2c2ccc(C)cc2)C1. The van der Waals surface area contributed by atoms with Crippen LogP contribution in [0, 0.1) is 12.3 Å². The highest BCUT2D eigenvalue weighted by atomic mass is 16.5. The van der Waals surface area contributed by atoms with Crippen molar-refractivity contribution in [3.63, 3.8) is 0 Å². The summed E-state index contributed by atoms with van der Waals surface area (Å²) in [5, 5.41) is 3.58. The van der Waals surface area contributed by atoms with Crippen molar-refractivity contribution in [1.29, 1.82) is 0 Å². The quantitative estimate of drug-likeness (QED) is 0.899. The Morgan fingerprint density at radius 1 is 1.26 bits per heavy atom. The van der Waals surface area contributed by atoms with Crippen LogP contribution in [0.4, 0.5) is 0 Å². The van der Waals surface area contributed by atoms with Gasteiger partial charge < -0.3 is 10.1 Å². The van der Waals surface area contributed by atoms with Crippen LogP contribution in [0.25, 0.3) is 0 Å². The lowest BCUT2D eigenvalue weighted by molar-refractivity contribution is -0.0995. The molecular formula is C17H25NO. The van der Waals surface area contributed by atoms with E-state index in [9.17, 15) is 0 Å². The lowest BCUT2D eigenvalue weighted by Crippen LogP contribution is -2.53. The molecule has 2 aliphatic rings. The number of ether oxygens (including phenoxy) is 1. The van der Waals surface area contributed by atoms with Crippen molar-refractivity contribution in [2.75, 3.05) is 19.7 Å². The Hall–Kier alpha value is -0.860. The maximum atomic E-state index is 5.79. The molecule has 1 spiro atoms. The standard InChI is InChI=1S/C17H25NO/c1-3-19-15-10-17(11-15)8-9-18-12-16(17)14-6-4-13(2)5-7-14/h4-7,15-16,18H,3,8-12H2,1-2H3. The predicted octanol–water partition coefficient (Wildman–Crippen LogP) is 3.26. The van der Waals surface area contributed by atoms with Crippen molar-refractivity contribution < 1.29 is 4.74 Å². The largest absolute Gasteiger partial charge is 0.378 e. The summed E-state index contributed by atoms with van der Waals surface area (Å²) >= 11 is 0. The van der Waals surface area contributed by atoms with Gasteiger partial charge in [0.25, 0.3) is 0 Å². The van der Waals surface area contributed by atoms with Gasteiger partial charge in [-0.15, -0.1) is 0 Å². The molecule has 1 aliphatic carbocycles. The minimum Gasteiger partial charge on any atom is -0.378 e. The van der Waals surface area contributed by atoms with Gasteiger partial charge in [-0.2, -0.15) is 0 Å². The molecule has 1 unspecified atom stereocenters. The zero-order valence-electron chi connectivity index (χ0n) is 12.1. The van der Waals surface area contributed by atoms with E-state index in [1.54, 1.807) is 0 Å². The van der Waals surface area contributed by atoms with Gasteiger partial charge in [-0.25, -0.2) is 0 Å². The van der Waals surface area contributed by atoms with Crippen LogP contribution in [0.15, 0.2) is 24.3 Å². The van der Waals surface area contributed by atoms with E-state index in [0.29, 0.717) is 17.4 Å². The van der Waals surface area contributed by atoms with Gasteiger partial charge in [-0.3, -0.25) is 0 Å². The molecule has 2 fully saturated rings. The zero-order valence-corrected chi connectivity index (χ0v) is 12.1. The molecule has 1 aromatic carbocycles. The van der Waals surface area contributed by atoms with E-state index in [-0.39, 0.29) is 0 Å². The highest BCUT2D eigenvalue weighted by Gasteiger charge is 2.51. The first kappa shape index (κ1) is 13.1. The molecule has 1 atom stereocenters. The van der Waals surface area contributed by atoms with Crippen molar-refractivity contribution in [3.8, 4) is 0 Å². The highest BCUT2D eigenvalue weighted by molar-refractivity contribution is 5.28. The van der Waals surface area contributed by atoms with Crippen LogP contribution in [0.1, 0.15) is 43.2 Å². The van der Waals surface area contributed by atoms with Crippen LogP contribution >= 0.6 is 0 Å². The van der Waals surface area contributed by atoms with Crippen molar-refractivity contribution in [2.45, 2.75) is 45.1 Å². The Kier molecular flexibility index (Phi) is 3.64. The smallest absolute Gasteiger partial charge is 0.0586 e. The van der Waals surface area contributed by atoms with E-state index >= 15 is 0 Å². The summed E-state index contributed by atoms with van der Waals surface area (Å²) in [7, 11) is 0. The number of aryl methyl sites for hydroxylation is 1. The zero-order chi connectivity index (χ0) is 13.3. The van der Waals surface area contributed by atoms with Gasteiger partial charge in [0.15, 0.2) is 0 Å². The van der Waals surface area contributed by atoms with Gasteiger partial charge in [0, 0.05) is 19.1 Å². The third kappa shape index (κ3) is 2.44. The summed E-state index contributed by atoms with van der Waals surface area (Å²) in [5.41, 5.74) is 3.36. The molecule has 0 bridgehead atoms. The highest BCUT2D eigenvalue weighted by Crippen LogP contribution is 2.55. The second kappa shape index (κ2) is 5.26. The van der Waals surface area contributed by atoms with Gasteiger partial charge in [-0.05, 0) is 50.6 Å². The number of hydrogen-bond acceptors (Lipinski definition) is 2. The molecule has 1 aromatic rings. The summed E-state index contributed by atoms with van der Waals surface area (Å²) in [6.45, 7) is 7.41. The molecular weight excluding hydrogens is 234 g/mol. The Labute approximate surface area is 116 Å². The first-order chi connectivity index (χ1) is 9.23. The number of nitrogens with one attached hydrogen (secondary N) is 1. The third-order valence-electron chi connectivity index (χ3n) is 5.04. The first-order valence-corrected chi connectivity index (χ1v) is 7.62. The van der Waals surface area contributed by atoms with Gasteiger partial charge in [-0.1, -0.05) is 29.8 Å². The van der Waals surface area contributed by atoms with Crippen LogP contribution < -0.4 is 5.32 Å². The first-order valence-electron chi connectivity index (χ1n) is 7.62. The summed E-state index contributed by atoms with van der Waals surface area (Å²) in [4.78, 5) is 0. The van der Waals surface area contributed by atoms with E-state index < -0.39 is 0 Å². The lowest BCUT2D eigenvalue weighted by atomic mass is 9.55. The molecule has 3 rings (SSSR count). The fourth-order valence-corrected chi connectivity index (χ4v) is 3.93. The molecule has 0 amide bonds. The third-order valence-corrected chi connectivity index (χ3v) is 5.04. The summed E-state index contributed by atoms with van der Waals surface area (Å²) in [6.07, 6.45) is 4.31. The Balaban J connectivity index is 1.77. The van der Waals surface area contributed by atoms with Gasteiger partial charge >= 0.3 is 0 Å². The van der Waals surface area contributed by atoms with Gasteiger partial charge in [0.1, 0.15) is 0 Å². The predicted molar refractivity (Wildman–Crippen MR) is 78.5 cm³/mol. The topological polar surface area (TPSA) is 21.3 Å². The Morgan fingerprint density at radius 3 is 2.68 bits per heavy atom. The molecule has 0 aromatic heterocycles. The minimum atomic E-state index is 0.500. The van der Waals surface area contributed by atoms with Crippen LogP contribution in [0.5, 0.6) is 0 Å². The van der Waals surface area contributed by atoms with Crippen molar-refractivity contribution in [2.24, 2.45) is 5.41 Å². The number of piperidine rings is 1. The van der Waals surface area contributed by atoms with Gasteiger partial charge in [0.05, 0.1) is 6.10 Å². The molecule has 104 valence electrons. The minimum absolute atomic E-state index is 0.500. The fourth-order valence-electron chi connectivity index (χ4n) is 3.93. The molecule has 2 nitrogen and oxygen atoms in total. The summed E-state index contributed by atoms with van der Waals surface area (Å²) in [5.74, 6) is 0.665. The number of benzene rings is 1. The fraction of sp³-hybridized carbons (Fsp3) is 0.647. The number of hydrogen-bond donors (Lipinski definition) is 1. The molecule has 19 heavy (non-hydrogen) atoms. The van der Waals surface area contributed by atoms with Crippen molar-refractivity contribution in [1.82, 2.24) is 5.32 Å². The lowest BCUT2D eigenvalue weighted by Gasteiger charge is -2.55. The average molecular weight is 259 g/mol. The average Bonchev–Trinajstić information content (AvgIpc) is 2.39. The second-order valence-corrected chi connectivity index (χ2v) is 6.27. The van der Waals surface area contributed by atoms with Crippen molar-refractivity contribution in [3.05, 3.63) is 35.4 Å². The molecule has 1 aliphatic heterocycles. The molecule has 1 heterocycles. The van der Waals surface area contributed by atoms with E-state index in [2.05, 4.69) is 43.4 Å². The van der Waals surface area contributed by atoms with E-state index in [1.165, 1.54) is 36.9 Å². The van der Waals surface area contributed by atoms with Crippen LogP contribution in [0.3, 0.4) is 0 Å². The van der Waals surface area contributed by atoms with Crippen LogP contribution in [-0.4, -0.2) is 25.8 Å². The second-order valence-electron chi connectivity index (χ2n) is 6.27.